The minimum atomic E-state index is -0.0334. The molecule has 126 valence electrons. The molecule has 0 unspecified atom stereocenters. The molecule has 0 saturated carbocycles. The van der Waals surface area contributed by atoms with Crippen LogP contribution in [-0.2, 0) is 0 Å². The van der Waals surface area contributed by atoms with Gasteiger partial charge in [0.05, 0.1) is 0 Å². The summed E-state index contributed by atoms with van der Waals surface area (Å²) >= 11 is 0. The molecule has 0 bridgehead atoms. The highest BCUT2D eigenvalue weighted by atomic mass is 16.1. The summed E-state index contributed by atoms with van der Waals surface area (Å²) in [5, 5.41) is 3.00. The number of likely N-dealkylation sites (tertiary alicyclic amines) is 1. The maximum atomic E-state index is 12.3. The molecule has 1 aromatic heterocycles. The van der Waals surface area contributed by atoms with E-state index >= 15 is 0 Å². The van der Waals surface area contributed by atoms with Crippen molar-refractivity contribution >= 4 is 5.91 Å². The Kier molecular flexibility index (Phi) is 5.90. The summed E-state index contributed by atoms with van der Waals surface area (Å²) in [5.74, 6) is 0.603. The van der Waals surface area contributed by atoms with Gasteiger partial charge in [0.1, 0.15) is 0 Å². The molecule has 0 aliphatic carbocycles. The van der Waals surface area contributed by atoms with Gasteiger partial charge >= 0.3 is 0 Å². The zero-order chi connectivity index (χ0) is 16.6. The summed E-state index contributed by atoms with van der Waals surface area (Å²) < 4.78 is 0. The van der Waals surface area contributed by atoms with Crippen LogP contribution in [0.1, 0.15) is 36.0 Å². The topological polar surface area (TPSA) is 58.1 Å². The molecule has 24 heavy (non-hydrogen) atoms. The Bertz CT molecular complexity index is 653. The lowest BCUT2D eigenvalue weighted by molar-refractivity contribution is 0.0952. The average molecular weight is 324 g/mol. The van der Waals surface area contributed by atoms with Crippen LogP contribution >= 0.6 is 0 Å². The van der Waals surface area contributed by atoms with Gasteiger partial charge in [0.25, 0.3) is 5.91 Å². The standard InChI is InChI=1S/C19H24N4O/c24-19(22-9-1-2-12-23-13-3-4-14-23)17-8-5-7-16(15-17)18-20-10-6-11-21-18/h5-8,10-11,15H,1-4,9,12-14H2,(H,22,24). The highest BCUT2D eigenvalue weighted by molar-refractivity contribution is 5.95. The molecular weight excluding hydrogens is 300 g/mol. The molecule has 2 heterocycles. The quantitative estimate of drug-likeness (QED) is 0.796. The molecule has 1 saturated heterocycles. The van der Waals surface area contributed by atoms with E-state index in [4.69, 9.17) is 0 Å². The number of hydrogen-bond acceptors (Lipinski definition) is 4. The van der Waals surface area contributed by atoms with Crippen LogP contribution in [-0.4, -0.2) is 47.0 Å². The summed E-state index contributed by atoms with van der Waals surface area (Å²) in [6.45, 7) is 4.34. The molecule has 3 rings (SSSR count). The Hall–Kier alpha value is -2.27. The van der Waals surface area contributed by atoms with Crippen LogP contribution in [0.4, 0.5) is 0 Å². The Labute approximate surface area is 143 Å². The number of unbranched alkanes of at least 4 members (excludes halogenated alkanes) is 1. The van der Waals surface area contributed by atoms with Gasteiger partial charge in [-0.2, -0.15) is 0 Å². The van der Waals surface area contributed by atoms with Crippen LogP contribution in [0.5, 0.6) is 0 Å². The smallest absolute Gasteiger partial charge is 0.251 e. The Balaban J connectivity index is 1.46. The summed E-state index contributed by atoms with van der Waals surface area (Å²) in [4.78, 5) is 23.2. The number of carbonyl (C=O) groups is 1. The Morgan fingerprint density at radius 3 is 2.67 bits per heavy atom. The van der Waals surface area contributed by atoms with Crippen molar-refractivity contribution in [1.82, 2.24) is 20.2 Å². The number of aromatic nitrogens is 2. The van der Waals surface area contributed by atoms with Gasteiger partial charge < -0.3 is 10.2 Å². The van der Waals surface area contributed by atoms with Gasteiger partial charge in [0.2, 0.25) is 0 Å². The second-order valence-corrected chi connectivity index (χ2v) is 6.16. The van der Waals surface area contributed by atoms with Gasteiger partial charge in [-0.1, -0.05) is 12.1 Å². The third kappa shape index (κ3) is 4.61. The van der Waals surface area contributed by atoms with Crippen LogP contribution < -0.4 is 5.32 Å². The molecule has 1 amide bonds. The largest absolute Gasteiger partial charge is 0.352 e. The zero-order valence-corrected chi connectivity index (χ0v) is 13.9. The van der Waals surface area contributed by atoms with E-state index in [0.29, 0.717) is 11.4 Å². The van der Waals surface area contributed by atoms with E-state index in [1.165, 1.54) is 25.9 Å². The van der Waals surface area contributed by atoms with Gasteiger partial charge in [-0.15, -0.1) is 0 Å². The van der Waals surface area contributed by atoms with Crippen molar-refractivity contribution in [2.45, 2.75) is 25.7 Å². The van der Waals surface area contributed by atoms with Crippen molar-refractivity contribution in [1.29, 1.82) is 0 Å². The lowest BCUT2D eigenvalue weighted by Crippen LogP contribution is -2.26. The zero-order valence-electron chi connectivity index (χ0n) is 13.9. The van der Waals surface area contributed by atoms with Crippen LogP contribution in [0.25, 0.3) is 11.4 Å². The normalized spacial score (nSPS) is 14.7. The van der Waals surface area contributed by atoms with Crippen LogP contribution in [0, 0.1) is 0 Å². The lowest BCUT2D eigenvalue weighted by atomic mass is 10.1. The SMILES string of the molecule is O=C(NCCCCN1CCCC1)c1cccc(-c2ncccn2)c1. The minimum absolute atomic E-state index is 0.0334. The highest BCUT2D eigenvalue weighted by Crippen LogP contribution is 2.15. The first-order chi connectivity index (χ1) is 11.8. The number of rotatable bonds is 7. The predicted molar refractivity (Wildman–Crippen MR) is 94.7 cm³/mol. The van der Waals surface area contributed by atoms with Crippen molar-refractivity contribution < 1.29 is 4.79 Å². The van der Waals surface area contributed by atoms with Crippen molar-refractivity contribution in [3.8, 4) is 11.4 Å². The van der Waals surface area contributed by atoms with Gasteiger partial charge in [-0.05, 0) is 63.5 Å². The van der Waals surface area contributed by atoms with Gasteiger partial charge in [0, 0.05) is 30.1 Å². The summed E-state index contributed by atoms with van der Waals surface area (Å²) in [6, 6.07) is 9.24. The van der Waals surface area contributed by atoms with Crippen molar-refractivity contribution in [2.24, 2.45) is 0 Å². The number of benzene rings is 1. The van der Waals surface area contributed by atoms with E-state index in [1.54, 1.807) is 18.5 Å². The first-order valence-corrected chi connectivity index (χ1v) is 8.71. The minimum Gasteiger partial charge on any atom is -0.352 e. The third-order valence-electron chi connectivity index (χ3n) is 4.33. The van der Waals surface area contributed by atoms with Crippen LogP contribution in [0.15, 0.2) is 42.7 Å². The van der Waals surface area contributed by atoms with Crippen molar-refractivity contribution in [3.63, 3.8) is 0 Å². The van der Waals surface area contributed by atoms with Gasteiger partial charge in [0.15, 0.2) is 5.82 Å². The molecule has 5 heteroatoms. The van der Waals surface area contributed by atoms with E-state index in [0.717, 1.165) is 31.5 Å². The van der Waals surface area contributed by atoms with Crippen LogP contribution in [0.2, 0.25) is 0 Å². The number of nitrogens with zero attached hydrogens (tertiary/aromatic N) is 3. The highest BCUT2D eigenvalue weighted by Gasteiger charge is 2.11. The monoisotopic (exact) mass is 324 g/mol. The molecule has 1 aliphatic heterocycles. The van der Waals surface area contributed by atoms with Gasteiger partial charge in [-0.3, -0.25) is 4.79 Å². The van der Waals surface area contributed by atoms with E-state index in [9.17, 15) is 4.79 Å². The van der Waals surface area contributed by atoms with E-state index in [1.807, 2.05) is 24.3 Å². The van der Waals surface area contributed by atoms with E-state index < -0.39 is 0 Å². The van der Waals surface area contributed by atoms with Crippen molar-refractivity contribution in [2.75, 3.05) is 26.2 Å². The molecule has 1 fully saturated rings. The number of nitrogens with one attached hydrogen (secondary N) is 1. The maximum absolute atomic E-state index is 12.3. The fraction of sp³-hybridized carbons (Fsp3) is 0.421. The number of amides is 1. The maximum Gasteiger partial charge on any atom is 0.251 e. The Morgan fingerprint density at radius 2 is 1.88 bits per heavy atom. The average Bonchev–Trinajstić information content (AvgIpc) is 3.15. The van der Waals surface area contributed by atoms with Crippen LogP contribution in [0.3, 0.4) is 0 Å². The lowest BCUT2D eigenvalue weighted by Gasteiger charge is -2.14. The third-order valence-corrected chi connectivity index (χ3v) is 4.33. The molecule has 1 aliphatic rings. The molecule has 0 atom stereocenters. The second-order valence-electron chi connectivity index (χ2n) is 6.16. The fourth-order valence-corrected chi connectivity index (χ4v) is 3.02. The summed E-state index contributed by atoms with van der Waals surface area (Å²) in [5.41, 5.74) is 1.51. The molecule has 5 nitrogen and oxygen atoms in total. The first kappa shape index (κ1) is 16.6. The van der Waals surface area contributed by atoms with E-state index in [-0.39, 0.29) is 5.91 Å². The van der Waals surface area contributed by atoms with Gasteiger partial charge in [-0.25, -0.2) is 9.97 Å². The molecule has 0 radical (unpaired) electrons. The molecule has 0 spiro atoms. The Morgan fingerprint density at radius 1 is 1.08 bits per heavy atom. The summed E-state index contributed by atoms with van der Waals surface area (Å²) in [6.07, 6.45) is 8.23. The predicted octanol–water partition coefficient (Wildman–Crippen LogP) is 2.75. The molecular formula is C19H24N4O. The molecule has 2 aromatic rings. The van der Waals surface area contributed by atoms with E-state index in [2.05, 4.69) is 20.2 Å². The number of carbonyl (C=O) groups excluding carboxylic acids is 1. The molecule has 1 N–H and O–H groups in total. The molecule has 1 aromatic carbocycles. The fourth-order valence-electron chi connectivity index (χ4n) is 3.02. The second kappa shape index (κ2) is 8.55. The number of hydrogen-bond donors (Lipinski definition) is 1. The summed E-state index contributed by atoms with van der Waals surface area (Å²) in [7, 11) is 0. The van der Waals surface area contributed by atoms with Crippen molar-refractivity contribution in [3.05, 3.63) is 48.3 Å². The first-order valence-electron chi connectivity index (χ1n) is 8.71.